The van der Waals surface area contributed by atoms with Crippen LogP contribution in [0.3, 0.4) is 0 Å². The first kappa shape index (κ1) is 17.2. The van der Waals surface area contributed by atoms with Crippen molar-refractivity contribution in [1.29, 1.82) is 0 Å². The SMILES string of the molecule is CC(C)CC(CN(C)C)NC(=O)NC1(CO)CCCC1. The van der Waals surface area contributed by atoms with Crippen molar-refractivity contribution in [1.82, 2.24) is 15.5 Å². The van der Waals surface area contributed by atoms with Gasteiger partial charge in [0.2, 0.25) is 0 Å². The van der Waals surface area contributed by atoms with E-state index < -0.39 is 5.54 Å². The second-order valence-corrected chi connectivity index (χ2v) is 6.83. The van der Waals surface area contributed by atoms with Crippen molar-refractivity contribution in [2.75, 3.05) is 27.2 Å². The monoisotopic (exact) mass is 285 g/mol. The third-order valence-electron chi connectivity index (χ3n) is 3.92. The summed E-state index contributed by atoms with van der Waals surface area (Å²) in [5, 5.41) is 15.6. The zero-order chi connectivity index (χ0) is 15.2. The highest BCUT2D eigenvalue weighted by Gasteiger charge is 2.35. The highest BCUT2D eigenvalue weighted by Crippen LogP contribution is 2.28. The predicted octanol–water partition coefficient (Wildman–Crippen LogP) is 1.57. The van der Waals surface area contributed by atoms with Crippen molar-refractivity contribution in [3.8, 4) is 0 Å². The number of rotatable bonds is 7. The molecule has 0 saturated heterocycles. The summed E-state index contributed by atoms with van der Waals surface area (Å²) in [6.07, 6.45) is 4.86. The van der Waals surface area contributed by atoms with Gasteiger partial charge in [0.25, 0.3) is 0 Å². The highest BCUT2D eigenvalue weighted by molar-refractivity contribution is 5.75. The van der Waals surface area contributed by atoms with Gasteiger partial charge in [-0.2, -0.15) is 0 Å². The van der Waals surface area contributed by atoms with E-state index in [1.54, 1.807) is 0 Å². The second-order valence-electron chi connectivity index (χ2n) is 6.83. The lowest BCUT2D eigenvalue weighted by atomic mass is 9.99. The van der Waals surface area contributed by atoms with Gasteiger partial charge in [-0.25, -0.2) is 4.79 Å². The Bertz CT molecular complexity index is 289. The van der Waals surface area contributed by atoms with Crippen LogP contribution in [0.4, 0.5) is 4.79 Å². The number of carbonyl (C=O) groups is 1. The fraction of sp³-hybridized carbons (Fsp3) is 0.933. The molecule has 1 saturated carbocycles. The largest absolute Gasteiger partial charge is 0.394 e. The predicted molar refractivity (Wildman–Crippen MR) is 81.7 cm³/mol. The van der Waals surface area contributed by atoms with Crippen LogP contribution in [-0.4, -0.2) is 54.9 Å². The molecule has 0 aliphatic heterocycles. The average Bonchev–Trinajstić information content (AvgIpc) is 2.76. The van der Waals surface area contributed by atoms with E-state index in [2.05, 4.69) is 29.4 Å². The number of nitrogens with zero attached hydrogens (tertiary/aromatic N) is 1. The van der Waals surface area contributed by atoms with Crippen molar-refractivity contribution in [3.63, 3.8) is 0 Å². The first-order chi connectivity index (χ1) is 9.37. The summed E-state index contributed by atoms with van der Waals surface area (Å²) in [7, 11) is 4.03. The standard InChI is InChI=1S/C15H31N3O2/c1-12(2)9-13(10-18(3)4)16-14(20)17-15(11-19)7-5-6-8-15/h12-13,19H,5-11H2,1-4H3,(H2,16,17,20). The Morgan fingerprint density at radius 2 is 1.90 bits per heavy atom. The average molecular weight is 285 g/mol. The number of amides is 2. The lowest BCUT2D eigenvalue weighted by molar-refractivity contribution is 0.160. The number of urea groups is 1. The minimum Gasteiger partial charge on any atom is -0.394 e. The maximum Gasteiger partial charge on any atom is 0.315 e. The minimum atomic E-state index is -0.398. The molecule has 0 aromatic heterocycles. The Labute approximate surface area is 123 Å². The van der Waals surface area contributed by atoms with Gasteiger partial charge in [0.15, 0.2) is 0 Å². The Hall–Kier alpha value is -0.810. The van der Waals surface area contributed by atoms with Gasteiger partial charge in [0, 0.05) is 12.6 Å². The number of hydrogen-bond acceptors (Lipinski definition) is 3. The normalized spacial score (nSPS) is 19.4. The van der Waals surface area contributed by atoms with Crippen LogP contribution >= 0.6 is 0 Å². The smallest absolute Gasteiger partial charge is 0.315 e. The van der Waals surface area contributed by atoms with Crippen LogP contribution in [0.25, 0.3) is 0 Å². The van der Waals surface area contributed by atoms with Gasteiger partial charge in [0.1, 0.15) is 0 Å². The molecule has 0 spiro atoms. The molecule has 20 heavy (non-hydrogen) atoms. The summed E-state index contributed by atoms with van der Waals surface area (Å²) >= 11 is 0. The van der Waals surface area contributed by atoms with Gasteiger partial charge in [-0.15, -0.1) is 0 Å². The molecule has 1 unspecified atom stereocenters. The van der Waals surface area contributed by atoms with Gasteiger partial charge < -0.3 is 20.6 Å². The fourth-order valence-corrected chi connectivity index (χ4v) is 3.03. The fourth-order valence-electron chi connectivity index (χ4n) is 3.03. The first-order valence-corrected chi connectivity index (χ1v) is 7.71. The minimum absolute atomic E-state index is 0.0307. The van der Waals surface area contributed by atoms with Crippen molar-refractivity contribution >= 4 is 6.03 Å². The maximum absolute atomic E-state index is 12.2. The van der Waals surface area contributed by atoms with Crippen LogP contribution in [0.1, 0.15) is 46.0 Å². The second kappa shape index (κ2) is 7.84. The van der Waals surface area contributed by atoms with E-state index >= 15 is 0 Å². The third kappa shape index (κ3) is 5.67. The van der Waals surface area contributed by atoms with E-state index in [1.807, 2.05) is 14.1 Å². The molecule has 1 aliphatic rings. The summed E-state index contributed by atoms with van der Waals surface area (Å²) in [5.74, 6) is 0.540. The molecule has 1 aliphatic carbocycles. The Balaban J connectivity index is 2.51. The molecule has 1 atom stereocenters. The molecule has 0 bridgehead atoms. The van der Waals surface area contributed by atoms with Gasteiger partial charge in [-0.3, -0.25) is 0 Å². The molecule has 118 valence electrons. The molecule has 0 radical (unpaired) electrons. The molecule has 5 heteroatoms. The molecule has 1 rings (SSSR count). The van der Waals surface area contributed by atoms with E-state index in [-0.39, 0.29) is 18.7 Å². The quantitative estimate of drug-likeness (QED) is 0.665. The van der Waals surface area contributed by atoms with Crippen molar-refractivity contribution < 1.29 is 9.90 Å². The Morgan fingerprint density at radius 1 is 1.30 bits per heavy atom. The molecule has 0 aromatic carbocycles. The molecule has 3 N–H and O–H groups in total. The third-order valence-corrected chi connectivity index (χ3v) is 3.92. The summed E-state index contributed by atoms with van der Waals surface area (Å²) in [5.41, 5.74) is -0.398. The summed E-state index contributed by atoms with van der Waals surface area (Å²) in [6.45, 7) is 5.18. The molecule has 0 heterocycles. The molecule has 5 nitrogen and oxygen atoms in total. The van der Waals surface area contributed by atoms with Gasteiger partial charge in [-0.1, -0.05) is 26.7 Å². The molecule has 1 fully saturated rings. The summed E-state index contributed by atoms with van der Waals surface area (Å²) in [4.78, 5) is 14.3. The van der Waals surface area contributed by atoms with Crippen molar-refractivity contribution in [2.45, 2.75) is 57.5 Å². The zero-order valence-electron chi connectivity index (χ0n) is 13.4. The number of hydrogen-bond donors (Lipinski definition) is 3. The van der Waals surface area contributed by atoms with Crippen LogP contribution in [-0.2, 0) is 0 Å². The number of nitrogens with one attached hydrogen (secondary N) is 2. The molecular formula is C15H31N3O2. The molecule has 2 amide bonds. The zero-order valence-corrected chi connectivity index (χ0v) is 13.4. The molecular weight excluding hydrogens is 254 g/mol. The topological polar surface area (TPSA) is 64.6 Å². The van der Waals surface area contributed by atoms with E-state index in [0.29, 0.717) is 5.92 Å². The van der Waals surface area contributed by atoms with Crippen LogP contribution in [0.2, 0.25) is 0 Å². The van der Waals surface area contributed by atoms with E-state index in [1.165, 1.54) is 0 Å². The Kier molecular flexibility index (Phi) is 6.76. The van der Waals surface area contributed by atoms with Gasteiger partial charge in [-0.05, 0) is 39.3 Å². The maximum atomic E-state index is 12.2. The first-order valence-electron chi connectivity index (χ1n) is 7.71. The van der Waals surface area contributed by atoms with Crippen LogP contribution < -0.4 is 10.6 Å². The summed E-state index contributed by atoms with van der Waals surface area (Å²) < 4.78 is 0. The van der Waals surface area contributed by atoms with Crippen LogP contribution in [0.5, 0.6) is 0 Å². The van der Waals surface area contributed by atoms with Gasteiger partial charge >= 0.3 is 6.03 Å². The van der Waals surface area contributed by atoms with E-state index in [9.17, 15) is 9.90 Å². The van der Waals surface area contributed by atoms with Crippen LogP contribution in [0.15, 0.2) is 0 Å². The number of likely N-dealkylation sites (N-methyl/N-ethyl adjacent to an activating group) is 1. The summed E-state index contributed by atoms with van der Waals surface area (Å²) in [6, 6.07) is -0.00408. The lowest BCUT2D eigenvalue weighted by Gasteiger charge is -2.30. The molecule has 0 aromatic rings. The highest BCUT2D eigenvalue weighted by atomic mass is 16.3. The Morgan fingerprint density at radius 3 is 2.35 bits per heavy atom. The van der Waals surface area contributed by atoms with E-state index in [0.717, 1.165) is 38.6 Å². The number of aliphatic hydroxyl groups is 1. The van der Waals surface area contributed by atoms with Crippen molar-refractivity contribution in [3.05, 3.63) is 0 Å². The lowest BCUT2D eigenvalue weighted by Crippen LogP contribution is -2.56. The number of carbonyl (C=O) groups excluding carboxylic acids is 1. The van der Waals surface area contributed by atoms with Gasteiger partial charge in [0.05, 0.1) is 12.1 Å². The van der Waals surface area contributed by atoms with Crippen molar-refractivity contribution in [2.24, 2.45) is 5.92 Å². The van der Waals surface area contributed by atoms with Crippen LogP contribution in [0, 0.1) is 5.92 Å². The number of aliphatic hydroxyl groups excluding tert-OH is 1. The van der Waals surface area contributed by atoms with E-state index in [4.69, 9.17) is 0 Å².